The van der Waals surface area contributed by atoms with Crippen molar-refractivity contribution in [1.82, 2.24) is 0 Å². The zero-order valence-corrected chi connectivity index (χ0v) is 12.2. The number of methoxy groups -OCH3 is 1. The lowest BCUT2D eigenvalue weighted by Gasteiger charge is -2.30. The largest absolute Gasteiger partial charge is 0.493 e. The molecule has 3 rings (SSSR count). The molecule has 0 fully saturated rings. The summed E-state index contributed by atoms with van der Waals surface area (Å²) in [6, 6.07) is 0. The molecule has 20 heavy (non-hydrogen) atoms. The molecule has 1 aromatic carbocycles. The van der Waals surface area contributed by atoms with Crippen LogP contribution in [0.1, 0.15) is 36.5 Å². The van der Waals surface area contributed by atoms with Gasteiger partial charge in [-0.1, -0.05) is 0 Å². The van der Waals surface area contributed by atoms with Gasteiger partial charge in [-0.15, -0.1) is 0 Å². The van der Waals surface area contributed by atoms with Crippen LogP contribution in [0.25, 0.3) is 0 Å². The van der Waals surface area contributed by atoms with Gasteiger partial charge in [0.2, 0.25) is 0 Å². The number of ether oxygens (including phenoxy) is 3. The molecular formula is C16H22O4. The summed E-state index contributed by atoms with van der Waals surface area (Å²) >= 11 is 0. The van der Waals surface area contributed by atoms with E-state index in [0.29, 0.717) is 6.42 Å². The second-order valence-corrected chi connectivity index (χ2v) is 5.58. The second kappa shape index (κ2) is 5.52. The molecular weight excluding hydrogens is 256 g/mol. The van der Waals surface area contributed by atoms with Crippen molar-refractivity contribution in [1.29, 1.82) is 0 Å². The summed E-state index contributed by atoms with van der Waals surface area (Å²) < 4.78 is 17.4. The van der Waals surface area contributed by atoms with Crippen LogP contribution in [0.2, 0.25) is 0 Å². The van der Waals surface area contributed by atoms with Gasteiger partial charge in [0.15, 0.2) is 11.5 Å². The van der Waals surface area contributed by atoms with E-state index in [-0.39, 0.29) is 6.10 Å². The average molecular weight is 278 g/mol. The number of benzene rings is 1. The van der Waals surface area contributed by atoms with Gasteiger partial charge < -0.3 is 19.3 Å². The van der Waals surface area contributed by atoms with Crippen LogP contribution in [-0.2, 0) is 19.3 Å². The molecule has 1 atom stereocenters. The summed E-state index contributed by atoms with van der Waals surface area (Å²) in [4.78, 5) is 0. The highest BCUT2D eigenvalue weighted by molar-refractivity contribution is 5.64. The van der Waals surface area contributed by atoms with E-state index in [1.165, 1.54) is 0 Å². The molecule has 2 aliphatic rings. The predicted octanol–water partition coefficient (Wildman–Crippen LogP) is 2.27. The van der Waals surface area contributed by atoms with Gasteiger partial charge in [-0.25, -0.2) is 0 Å². The Bertz CT molecular complexity index is 471. The predicted molar refractivity (Wildman–Crippen MR) is 76.0 cm³/mol. The van der Waals surface area contributed by atoms with Crippen molar-refractivity contribution < 1.29 is 19.3 Å². The van der Waals surface area contributed by atoms with E-state index in [4.69, 9.17) is 14.2 Å². The lowest BCUT2D eigenvalue weighted by molar-refractivity contribution is 0.190. The molecule has 2 heterocycles. The highest BCUT2D eigenvalue weighted by Gasteiger charge is 2.30. The molecule has 110 valence electrons. The van der Waals surface area contributed by atoms with Crippen LogP contribution in [-0.4, -0.2) is 31.5 Å². The van der Waals surface area contributed by atoms with E-state index < -0.39 is 0 Å². The first-order chi connectivity index (χ1) is 9.72. The Morgan fingerprint density at radius 2 is 1.75 bits per heavy atom. The molecule has 0 aliphatic carbocycles. The first-order valence-corrected chi connectivity index (χ1v) is 7.40. The van der Waals surface area contributed by atoms with Crippen molar-refractivity contribution in [3.63, 3.8) is 0 Å². The van der Waals surface area contributed by atoms with Gasteiger partial charge in [0.05, 0.1) is 26.4 Å². The van der Waals surface area contributed by atoms with Gasteiger partial charge in [-0.05, 0) is 32.6 Å². The SMILES string of the molecule is COc1c2c(c(CC(C)O)c3c1OCCC3)OCCC2. The summed E-state index contributed by atoms with van der Waals surface area (Å²) in [7, 11) is 1.69. The van der Waals surface area contributed by atoms with Crippen LogP contribution in [0.4, 0.5) is 0 Å². The van der Waals surface area contributed by atoms with Crippen molar-refractivity contribution in [3.05, 3.63) is 16.7 Å². The molecule has 1 N–H and O–H groups in total. The molecule has 4 nitrogen and oxygen atoms in total. The molecule has 2 aliphatic heterocycles. The first-order valence-electron chi connectivity index (χ1n) is 7.40. The third-order valence-corrected chi connectivity index (χ3v) is 4.01. The average Bonchev–Trinajstić information content (AvgIpc) is 2.47. The lowest BCUT2D eigenvalue weighted by Crippen LogP contribution is -2.20. The van der Waals surface area contributed by atoms with Gasteiger partial charge in [0, 0.05) is 23.1 Å². The number of fused-ring (bicyclic) bond motifs is 2. The maximum Gasteiger partial charge on any atom is 0.167 e. The number of aliphatic hydroxyl groups is 1. The Morgan fingerprint density at radius 1 is 1.10 bits per heavy atom. The lowest BCUT2D eigenvalue weighted by atomic mass is 9.89. The molecule has 0 aromatic heterocycles. The van der Waals surface area contributed by atoms with E-state index in [9.17, 15) is 5.11 Å². The number of hydrogen-bond acceptors (Lipinski definition) is 4. The molecule has 4 heteroatoms. The Labute approximate surface area is 119 Å². The van der Waals surface area contributed by atoms with E-state index in [1.54, 1.807) is 7.11 Å². The monoisotopic (exact) mass is 278 g/mol. The van der Waals surface area contributed by atoms with Crippen molar-refractivity contribution >= 4 is 0 Å². The normalized spacial score (nSPS) is 18.4. The fourth-order valence-corrected chi connectivity index (χ4v) is 3.23. The Morgan fingerprint density at radius 3 is 2.40 bits per heavy atom. The molecule has 0 radical (unpaired) electrons. The van der Waals surface area contributed by atoms with Gasteiger partial charge in [-0.3, -0.25) is 0 Å². The molecule has 0 saturated carbocycles. The topological polar surface area (TPSA) is 47.9 Å². The number of hydrogen-bond donors (Lipinski definition) is 1. The Balaban J connectivity index is 2.21. The minimum absolute atomic E-state index is 0.385. The molecule has 0 spiro atoms. The van der Waals surface area contributed by atoms with Gasteiger partial charge in [-0.2, -0.15) is 0 Å². The van der Waals surface area contributed by atoms with Crippen molar-refractivity contribution in [2.24, 2.45) is 0 Å². The zero-order chi connectivity index (χ0) is 14.1. The fourth-order valence-electron chi connectivity index (χ4n) is 3.23. The van der Waals surface area contributed by atoms with Gasteiger partial charge >= 0.3 is 0 Å². The quantitative estimate of drug-likeness (QED) is 0.921. The Kier molecular flexibility index (Phi) is 3.74. The zero-order valence-electron chi connectivity index (χ0n) is 12.2. The van der Waals surface area contributed by atoms with Crippen LogP contribution < -0.4 is 14.2 Å². The fraction of sp³-hybridized carbons (Fsp3) is 0.625. The van der Waals surface area contributed by atoms with Crippen LogP contribution in [0.5, 0.6) is 17.2 Å². The summed E-state index contributed by atoms with van der Waals surface area (Å²) in [6.45, 7) is 3.29. The highest BCUT2D eigenvalue weighted by Crippen LogP contribution is 2.48. The van der Waals surface area contributed by atoms with Crippen molar-refractivity contribution in [2.45, 2.75) is 45.1 Å². The summed E-state index contributed by atoms with van der Waals surface area (Å²) in [5.41, 5.74) is 3.38. The minimum atomic E-state index is -0.385. The smallest absolute Gasteiger partial charge is 0.167 e. The molecule has 0 saturated heterocycles. The van der Waals surface area contributed by atoms with E-state index in [1.807, 2.05) is 6.92 Å². The third kappa shape index (κ3) is 2.22. The van der Waals surface area contributed by atoms with Gasteiger partial charge in [0.25, 0.3) is 0 Å². The molecule has 1 unspecified atom stereocenters. The number of aliphatic hydroxyl groups excluding tert-OH is 1. The Hall–Kier alpha value is -1.42. The third-order valence-electron chi connectivity index (χ3n) is 4.01. The first kappa shape index (κ1) is 13.6. The molecule has 0 amide bonds. The molecule has 0 bridgehead atoms. The van der Waals surface area contributed by atoms with Crippen LogP contribution in [0, 0.1) is 0 Å². The van der Waals surface area contributed by atoms with E-state index >= 15 is 0 Å². The standard InChI is InChI=1S/C16H22O4/c1-10(17)9-13-11-5-3-8-20-16(11)15(18-2)12-6-4-7-19-14(12)13/h10,17H,3-9H2,1-2H3. The highest BCUT2D eigenvalue weighted by atomic mass is 16.5. The summed E-state index contributed by atoms with van der Waals surface area (Å²) in [5.74, 6) is 2.64. The van der Waals surface area contributed by atoms with E-state index in [2.05, 4.69) is 0 Å². The van der Waals surface area contributed by atoms with E-state index in [0.717, 1.165) is 72.8 Å². The summed E-state index contributed by atoms with van der Waals surface area (Å²) in [6.07, 6.45) is 4.13. The minimum Gasteiger partial charge on any atom is -0.493 e. The van der Waals surface area contributed by atoms with Crippen LogP contribution in [0.15, 0.2) is 0 Å². The van der Waals surface area contributed by atoms with Crippen molar-refractivity contribution in [3.8, 4) is 17.2 Å². The van der Waals surface area contributed by atoms with Crippen LogP contribution >= 0.6 is 0 Å². The second-order valence-electron chi connectivity index (χ2n) is 5.58. The maximum absolute atomic E-state index is 9.81. The number of rotatable bonds is 3. The van der Waals surface area contributed by atoms with Crippen molar-refractivity contribution in [2.75, 3.05) is 20.3 Å². The van der Waals surface area contributed by atoms with Gasteiger partial charge in [0.1, 0.15) is 5.75 Å². The summed E-state index contributed by atoms with van der Waals surface area (Å²) in [5, 5.41) is 9.81. The molecule has 1 aromatic rings. The maximum atomic E-state index is 9.81. The van der Waals surface area contributed by atoms with Crippen LogP contribution in [0.3, 0.4) is 0 Å².